The SMILES string of the molecule is CC(Cc1cccs1)N(C)S(=O)(=O)c1ccsc1CCl. The normalized spacial score (nSPS) is 13.8. The van der Waals surface area contributed by atoms with Gasteiger partial charge in [-0.1, -0.05) is 6.07 Å². The third kappa shape index (κ3) is 3.26. The number of hydrogen-bond acceptors (Lipinski definition) is 4. The molecule has 0 fully saturated rings. The van der Waals surface area contributed by atoms with Crippen molar-refractivity contribution in [3.05, 3.63) is 38.7 Å². The molecule has 0 radical (unpaired) electrons. The second kappa shape index (κ2) is 6.58. The topological polar surface area (TPSA) is 37.4 Å². The van der Waals surface area contributed by atoms with E-state index < -0.39 is 10.0 Å². The van der Waals surface area contributed by atoms with Gasteiger partial charge in [0.2, 0.25) is 10.0 Å². The first kappa shape index (κ1) is 16.0. The van der Waals surface area contributed by atoms with E-state index in [1.165, 1.54) is 20.5 Å². The molecule has 2 heterocycles. The van der Waals surface area contributed by atoms with Gasteiger partial charge in [0.15, 0.2) is 0 Å². The molecular weight excluding hydrogens is 334 g/mol. The molecule has 1 atom stereocenters. The predicted octanol–water partition coefficient (Wildman–Crippen LogP) is 3.80. The molecule has 0 aliphatic heterocycles. The molecule has 0 saturated carbocycles. The van der Waals surface area contributed by atoms with E-state index in [1.807, 2.05) is 24.4 Å². The highest BCUT2D eigenvalue weighted by Crippen LogP contribution is 2.27. The van der Waals surface area contributed by atoms with E-state index in [1.54, 1.807) is 29.8 Å². The standard InChI is InChI=1S/C13H16ClNO2S3/c1-10(8-11-4-3-6-18-11)15(2)20(16,17)13-5-7-19-12(13)9-14/h3-7,10H,8-9H2,1-2H3. The highest BCUT2D eigenvalue weighted by atomic mass is 35.5. The molecule has 0 spiro atoms. The summed E-state index contributed by atoms with van der Waals surface area (Å²) in [5.41, 5.74) is 0. The molecule has 7 heteroatoms. The first-order chi connectivity index (χ1) is 9.46. The van der Waals surface area contributed by atoms with E-state index >= 15 is 0 Å². The Kier molecular flexibility index (Phi) is 5.25. The molecule has 2 rings (SSSR count). The van der Waals surface area contributed by atoms with Crippen molar-refractivity contribution >= 4 is 44.3 Å². The minimum Gasteiger partial charge on any atom is -0.207 e. The van der Waals surface area contributed by atoms with E-state index in [9.17, 15) is 8.42 Å². The van der Waals surface area contributed by atoms with Gasteiger partial charge in [-0.25, -0.2) is 8.42 Å². The molecular formula is C13H16ClNO2S3. The van der Waals surface area contributed by atoms with Crippen LogP contribution in [0.15, 0.2) is 33.9 Å². The maximum absolute atomic E-state index is 12.6. The van der Waals surface area contributed by atoms with Crippen molar-refractivity contribution in [2.24, 2.45) is 0 Å². The monoisotopic (exact) mass is 349 g/mol. The number of halogens is 1. The number of hydrogen-bond donors (Lipinski definition) is 0. The summed E-state index contributed by atoms with van der Waals surface area (Å²) in [4.78, 5) is 2.21. The van der Waals surface area contributed by atoms with Crippen LogP contribution in [0.25, 0.3) is 0 Å². The summed E-state index contributed by atoms with van der Waals surface area (Å²) in [6.45, 7) is 1.92. The molecule has 20 heavy (non-hydrogen) atoms. The Hall–Kier alpha value is -0.400. The zero-order chi connectivity index (χ0) is 14.8. The van der Waals surface area contributed by atoms with E-state index in [0.717, 1.165) is 0 Å². The molecule has 110 valence electrons. The minimum absolute atomic E-state index is 0.0956. The summed E-state index contributed by atoms with van der Waals surface area (Å²) >= 11 is 8.83. The van der Waals surface area contributed by atoms with Crippen molar-refractivity contribution in [3.63, 3.8) is 0 Å². The first-order valence-electron chi connectivity index (χ1n) is 6.09. The zero-order valence-electron chi connectivity index (χ0n) is 11.2. The van der Waals surface area contributed by atoms with Crippen molar-refractivity contribution in [1.29, 1.82) is 0 Å². The molecule has 3 nitrogen and oxygen atoms in total. The molecule has 0 aliphatic carbocycles. The van der Waals surface area contributed by atoms with Crippen LogP contribution in [0, 0.1) is 0 Å². The zero-order valence-corrected chi connectivity index (χ0v) is 14.5. The van der Waals surface area contributed by atoms with Crippen molar-refractivity contribution < 1.29 is 8.42 Å². The van der Waals surface area contributed by atoms with Gasteiger partial charge in [-0.15, -0.1) is 34.3 Å². The Morgan fingerprint density at radius 3 is 2.65 bits per heavy atom. The van der Waals surface area contributed by atoms with Crippen molar-refractivity contribution in [2.45, 2.75) is 30.2 Å². The smallest absolute Gasteiger partial charge is 0.207 e. The lowest BCUT2D eigenvalue weighted by Crippen LogP contribution is -2.36. The number of alkyl halides is 1. The largest absolute Gasteiger partial charge is 0.244 e. The van der Waals surface area contributed by atoms with Gasteiger partial charge in [0.1, 0.15) is 0 Å². The highest BCUT2D eigenvalue weighted by molar-refractivity contribution is 7.89. The lowest BCUT2D eigenvalue weighted by molar-refractivity contribution is 0.388. The minimum atomic E-state index is -3.48. The van der Waals surface area contributed by atoms with Crippen LogP contribution in [0.4, 0.5) is 0 Å². The summed E-state index contributed by atoms with van der Waals surface area (Å²) in [5.74, 6) is 0.222. The van der Waals surface area contributed by atoms with Crippen molar-refractivity contribution in [2.75, 3.05) is 7.05 Å². The lowest BCUT2D eigenvalue weighted by Gasteiger charge is -2.24. The first-order valence-corrected chi connectivity index (χ1v) is 9.83. The molecule has 0 bridgehead atoms. The maximum atomic E-state index is 12.6. The molecule has 0 N–H and O–H groups in total. The van der Waals surface area contributed by atoms with Gasteiger partial charge >= 0.3 is 0 Å². The average molecular weight is 350 g/mol. The maximum Gasteiger partial charge on any atom is 0.244 e. The van der Waals surface area contributed by atoms with E-state index in [4.69, 9.17) is 11.6 Å². The van der Waals surface area contributed by atoms with Crippen LogP contribution in [0.2, 0.25) is 0 Å². The number of thiophene rings is 2. The Morgan fingerprint density at radius 1 is 1.30 bits per heavy atom. The summed E-state index contributed by atoms with van der Waals surface area (Å²) in [7, 11) is -1.85. The molecule has 2 aromatic heterocycles. The van der Waals surface area contributed by atoms with Gasteiger partial charge in [-0.2, -0.15) is 4.31 Å². The Labute approximate surface area is 132 Å². The van der Waals surface area contributed by atoms with E-state index in [-0.39, 0.29) is 11.9 Å². The van der Waals surface area contributed by atoms with Crippen LogP contribution in [-0.2, 0) is 22.3 Å². The second-order valence-electron chi connectivity index (χ2n) is 4.50. The Bertz CT molecular complexity index is 649. The van der Waals surface area contributed by atoms with Crippen molar-refractivity contribution in [3.8, 4) is 0 Å². The fourth-order valence-electron chi connectivity index (χ4n) is 1.90. The van der Waals surface area contributed by atoms with Gasteiger partial charge in [0.25, 0.3) is 0 Å². The van der Waals surface area contributed by atoms with E-state index in [0.29, 0.717) is 16.2 Å². The number of nitrogens with zero attached hydrogens (tertiary/aromatic N) is 1. The quantitative estimate of drug-likeness (QED) is 0.744. The summed E-state index contributed by atoms with van der Waals surface area (Å²) in [6, 6.07) is 5.54. The van der Waals surface area contributed by atoms with Gasteiger partial charge < -0.3 is 0 Å². The highest BCUT2D eigenvalue weighted by Gasteiger charge is 2.28. The van der Waals surface area contributed by atoms with Crippen LogP contribution < -0.4 is 0 Å². The number of likely N-dealkylation sites (N-methyl/N-ethyl adjacent to an activating group) is 1. The van der Waals surface area contributed by atoms with Crippen LogP contribution >= 0.6 is 34.3 Å². The molecule has 0 aliphatic rings. The molecule has 0 aromatic carbocycles. The van der Waals surface area contributed by atoms with Crippen LogP contribution in [0.3, 0.4) is 0 Å². The summed E-state index contributed by atoms with van der Waals surface area (Å²) < 4.78 is 26.7. The van der Waals surface area contributed by atoms with Gasteiger partial charge in [0, 0.05) is 22.8 Å². The van der Waals surface area contributed by atoms with Gasteiger partial charge in [0.05, 0.1) is 10.8 Å². The lowest BCUT2D eigenvalue weighted by atomic mass is 10.2. The van der Waals surface area contributed by atoms with Gasteiger partial charge in [-0.05, 0) is 36.2 Å². The average Bonchev–Trinajstić information content (AvgIpc) is 3.08. The fraction of sp³-hybridized carbons (Fsp3) is 0.385. The van der Waals surface area contributed by atoms with Crippen LogP contribution in [-0.4, -0.2) is 25.8 Å². The third-order valence-corrected chi connectivity index (χ3v) is 7.61. The Balaban J connectivity index is 2.20. The second-order valence-corrected chi connectivity index (χ2v) is 8.76. The van der Waals surface area contributed by atoms with E-state index in [2.05, 4.69) is 0 Å². The van der Waals surface area contributed by atoms with Crippen LogP contribution in [0.1, 0.15) is 16.7 Å². The van der Waals surface area contributed by atoms with Gasteiger partial charge in [-0.3, -0.25) is 0 Å². The molecule has 0 saturated heterocycles. The molecule has 1 unspecified atom stereocenters. The van der Waals surface area contributed by atoms with Crippen LogP contribution in [0.5, 0.6) is 0 Å². The number of sulfonamides is 1. The summed E-state index contributed by atoms with van der Waals surface area (Å²) in [6.07, 6.45) is 0.716. The predicted molar refractivity (Wildman–Crippen MR) is 86.3 cm³/mol. The Morgan fingerprint density at radius 2 is 2.05 bits per heavy atom. The molecule has 2 aromatic rings. The fourth-order valence-corrected chi connectivity index (χ4v) is 5.76. The molecule has 0 amide bonds. The number of rotatable bonds is 6. The third-order valence-electron chi connectivity index (χ3n) is 3.18. The summed E-state index contributed by atoms with van der Waals surface area (Å²) in [5, 5.41) is 3.77. The van der Waals surface area contributed by atoms with Crippen molar-refractivity contribution in [1.82, 2.24) is 4.31 Å².